The van der Waals surface area contributed by atoms with Crippen LogP contribution in [0.1, 0.15) is 33.6 Å². The molecule has 6 nitrogen and oxygen atoms in total. The summed E-state index contributed by atoms with van der Waals surface area (Å²) < 4.78 is 4.64. The number of esters is 1. The van der Waals surface area contributed by atoms with Crippen molar-refractivity contribution in [3.8, 4) is 0 Å². The Balaban J connectivity index is 4.38. The molecule has 116 valence electrons. The standard InChI is InChI=1S/C13H23NO5S/c1-5-10(12(16)17)20-7-11(15)14-9(6-8(2)3)13(18)19-4/h8-10H,5-7H2,1-4H3,(H,14,15)(H,16,17). The van der Waals surface area contributed by atoms with E-state index in [-0.39, 0.29) is 17.6 Å². The molecule has 0 rings (SSSR count). The summed E-state index contributed by atoms with van der Waals surface area (Å²) in [6.45, 7) is 5.63. The molecule has 2 unspecified atom stereocenters. The highest BCUT2D eigenvalue weighted by Crippen LogP contribution is 2.14. The molecule has 0 aliphatic carbocycles. The average Bonchev–Trinajstić information content (AvgIpc) is 2.36. The van der Waals surface area contributed by atoms with Crippen LogP contribution in [0.3, 0.4) is 0 Å². The molecular formula is C13H23NO5S. The van der Waals surface area contributed by atoms with Gasteiger partial charge in [-0.1, -0.05) is 20.8 Å². The fourth-order valence-electron chi connectivity index (χ4n) is 1.60. The lowest BCUT2D eigenvalue weighted by Gasteiger charge is -2.18. The van der Waals surface area contributed by atoms with Crippen molar-refractivity contribution < 1.29 is 24.2 Å². The lowest BCUT2D eigenvalue weighted by molar-refractivity contribution is -0.145. The number of carboxylic acid groups (broad SMARTS) is 1. The molecule has 0 saturated carbocycles. The second-order valence-electron chi connectivity index (χ2n) is 4.82. The van der Waals surface area contributed by atoms with Crippen LogP contribution in [0.4, 0.5) is 0 Å². The number of hydrogen-bond donors (Lipinski definition) is 2. The van der Waals surface area contributed by atoms with Crippen LogP contribution in [0.15, 0.2) is 0 Å². The Morgan fingerprint density at radius 3 is 2.30 bits per heavy atom. The first-order chi connectivity index (χ1) is 9.31. The van der Waals surface area contributed by atoms with Crippen molar-refractivity contribution in [3.05, 3.63) is 0 Å². The highest BCUT2D eigenvalue weighted by molar-refractivity contribution is 8.01. The summed E-state index contributed by atoms with van der Waals surface area (Å²) >= 11 is 1.05. The smallest absolute Gasteiger partial charge is 0.328 e. The summed E-state index contributed by atoms with van der Waals surface area (Å²) in [5.41, 5.74) is 0. The topological polar surface area (TPSA) is 92.7 Å². The molecule has 2 atom stereocenters. The van der Waals surface area contributed by atoms with Gasteiger partial charge in [0.2, 0.25) is 5.91 Å². The minimum absolute atomic E-state index is 0.0103. The van der Waals surface area contributed by atoms with Gasteiger partial charge >= 0.3 is 11.9 Å². The first-order valence-corrected chi connectivity index (χ1v) is 7.58. The lowest BCUT2D eigenvalue weighted by atomic mass is 10.0. The molecule has 20 heavy (non-hydrogen) atoms. The first-order valence-electron chi connectivity index (χ1n) is 6.53. The van der Waals surface area contributed by atoms with Gasteiger partial charge in [0.05, 0.1) is 12.9 Å². The average molecular weight is 305 g/mol. The zero-order valence-corrected chi connectivity index (χ0v) is 13.2. The third-order valence-electron chi connectivity index (χ3n) is 2.59. The summed E-state index contributed by atoms with van der Waals surface area (Å²) in [6.07, 6.45) is 0.929. The van der Waals surface area contributed by atoms with Crippen molar-refractivity contribution in [3.63, 3.8) is 0 Å². The van der Waals surface area contributed by atoms with Crippen LogP contribution in [0, 0.1) is 5.92 Å². The molecule has 0 aliphatic rings. The van der Waals surface area contributed by atoms with E-state index in [1.54, 1.807) is 6.92 Å². The number of amides is 1. The fraction of sp³-hybridized carbons (Fsp3) is 0.769. The van der Waals surface area contributed by atoms with Crippen LogP contribution >= 0.6 is 11.8 Å². The van der Waals surface area contributed by atoms with Crippen molar-refractivity contribution in [1.82, 2.24) is 5.32 Å². The Morgan fingerprint density at radius 2 is 1.90 bits per heavy atom. The molecule has 0 aromatic heterocycles. The van der Waals surface area contributed by atoms with Crippen molar-refractivity contribution >= 4 is 29.6 Å². The molecule has 0 saturated heterocycles. The van der Waals surface area contributed by atoms with Gasteiger partial charge in [-0.25, -0.2) is 4.79 Å². The third kappa shape index (κ3) is 7.37. The molecule has 0 fully saturated rings. The van der Waals surface area contributed by atoms with Gasteiger partial charge in [-0.15, -0.1) is 11.8 Å². The van der Waals surface area contributed by atoms with Gasteiger partial charge < -0.3 is 15.2 Å². The molecule has 7 heteroatoms. The van der Waals surface area contributed by atoms with E-state index in [4.69, 9.17) is 5.11 Å². The van der Waals surface area contributed by atoms with Gasteiger partial charge in [-0.05, 0) is 18.8 Å². The zero-order valence-electron chi connectivity index (χ0n) is 12.3. The number of carbonyl (C=O) groups is 3. The second kappa shape index (κ2) is 9.63. The van der Waals surface area contributed by atoms with Gasteiger partial charge in [-0.2, -0.15) is 0 Å². The predicted octanol–water partition coefficient (Wildman–Crippen LogP) is 1.29. The Labute approximate surface area is 123 Å². The van der Waals surface area contributed by atoms with Gasteiger partial charge in [-0.3, -0.25) is 9.59 Å². The van der Waals surface area contributed by atoms with Crippen molar-refractivity contribution in [2.75, 3.05) is 12.9 Å². The molecule has 0 heterocycles. The van der Waals surface area contributed by atoms with E-state index in [1.165, 1.54) is 7.11 Å². The van der Waals surface area contributed by atoms with Gasteiger partial charge in [0, 0.05) is 0 Å². The van der Waals surface area contributed by atoms with E-state index in [0.29, 0.717) is 12.8 Å². The number of carboxylic acids is 1. The van der Waals surface area contributed by atoms with E-state index in [1.807, 2.05) is 13.8 Å². The number of nitrogens with one attached hydrogen (secondary N) is 1. The van der Waals surface area contributed by atoms with Crippen LogP contribution in [-0.2, 0) is 19.1 Å². The van der Waals surface area contributed by atoms with Gasteiger partial charge in [0.1, 0.15) is 11.3 Å². The summed E-state index contributed by atoms with van der Waals surface area (Å²) in [7, 11) is 1.27. The largest absolute Gasteiger partial charge is 0.480 e. The maximum atomic E-state index is 11.8. The summed E-state index contributed by atoms with van der Waals surface area (Å²) in [5, 5.41) is 10.9. The third-order valence-corrected chi connectivity index (χ3v) is 3.96. The number of aliphatic carboxylic acids is 1. The van der Waals surface area contributed by atoms with E-state index < -0.39 is 23.2 Å². The SMILES string of the molecule is CCC(SCC(=O)NC(CC(C)C)C(=O)OC)C(=O)O. The number of carbonyl (C=O) groups excluding carboxylic acids is 2. The molecular weight excluding hydrogens is 282 g/mol. The van der Waals surface area contributed by atoms with E-state index in [0.717, 1.165) is 11.8 Å². The van der Waals surface area contributed by atoms with E-state index >= 15 is 0 Å². The van der Waals surface area contributed by atoms with Crippen LogP contribution in [0.25, 0.3) is 0 Å². The highest BCUT2D eigenvalue weighted by atomic mass is 32.2. The quantitative estimate of drug-likeness (QED) is 0.624. The highest BCUT2D eigenvalue weighted by Gasteiger charge is 2.23. The summed E-state index contributed by atoms with van der Waals surface area (Å²) in [6, 6.07) is -0.682. The first kappa shape index (κ1) is 18.8. The van der Waals surface area contributed by atoms with Gasteiger partial charge in [0.25, 0.3) is 0 Å². The second-order valence-corrected chi connectivity index (χ2v) is 6.01. The minimum Gasteiger partial charge on any atom is -0.480 e. The molecule has 0 aromatic carbocycles. The Kier molecular flexibility index (Phi) is 9.03. The molecule has 0 aliphatic heterocycles. The normalized spacial score (nSPS) is 13.7. The number of thioether (sulfide) groups is 1. The molecule has 0 bridgehead atoms. The van der Waals surface area contributed by atoms with Crippen molar-refractivity contribution in [2.24, 2.45) is 5.92 Å². The maximum Gasteiger partial charge on any atom is 0.328 e. The number of rotatable bonds is 9. The number of ether oxygens (including phenoxy) is 1. The Morgan fingerprint density at radius 1 is 1.30 bits per heavy atom. The van der Waals surface area contributed by atoms with E-state index in [2.05, 4.69) is 10.1 Å². The lowest BCUT2D eigenvalue weighted by Crippen LogP contribution is -2.43. The fourth-order valence-corrected chi connectivity index (χ4v) is 2.42. The molecule has 0 radical (unpaired) electrons. The van der Waals surface area contributed by atoms with E-state index in [9.17, 15) is 14.4 Å². The Bertz CT molecular complexity index is 346. The van der Waals surface area contributed by atoms with Crippen LogP contribution in [0.5, 0.6) is 0 Å². The van der Waals surface area contributed by atoms with Crippen LogP contribution < -0.4 is 5.32 Å². The Hall–Kier alpha value is -1.24. The van der Waals surface area contributed by atoms with Crippen LogP contribution in [0.2, 0.25) is 0 Å². The number of methoxy groups -OCH3 is 1. The predicted molar refractivity (Wildman–Crippen MR) is 77.6 cm³/mol. The van der Waals surface area contributed by atoms with Crippen molar-refractivity contribution in [2.45, 2.75) is 44.9 Å². The molecule has 0 aromatic rings. The number of hydrogen-bond acceptors (Lipinski definition) is 5. The molecule has 2 N–H and O–H groups in total. The molecule has 1 amide bonds. The van der Waals surface area contributed by atoms with Crippen molar-refractivity contribution in [1.29, 1.82) is 0 Å². The van der Waals surface area contributed by atoms with Gasteiger partial charge in [0.15, 0.2) is 0 Å². The van der Waals surface area contributed by atoms with Crippen LogP contribution in [-0.4, -0.2) is 47.1 Å². The zero-order chi connectivity index (χ0) is 15.7. The summed E-state index contributed by atoms with van der Waals surface area (Å²) in [4.78, 5) is 34.2. The minimum atomic E-state index is -0.933. The summed E-state index contributed by atoms with van der Waals surface area (Å²) in [5.74, 6) is -1.53. The maximum absolute atomic E-state index is 11.8. The molecule has 0 spiro atoms. The monoisotopic (exact) mass is 305 g/mol.